The van der Waals surface area contributed by atoms with E-state index >= 15 is 0 Å². The summed E-state index contributed by atoms with van der Waals surface area (Å²) >= 11 is 12.5. The first-order valence-corrected chi connectivity index (χ1v) is 11.1. The summed E-state index contributed by atoms with van der Waals surface area (Å²) in [4.78, 5) is 9.54. The van der Waals surface area contributed by atoms with E-state index in [9.17, 15) is 14.6 Å². The summed E-state index contributed by atoms with van der Waals surface area (Å²) in [5.74, 6) is 0.824. The molecule has 2 N–H and O–H groups in total. The van der Waals surface area contributed by atoms with Crippen LogP contribution in [-0.4, -0.2) is 16.7 Å². The summed E-state index contributed by atoms with van der Waals surface area (Å²) in [6, 6.07) is 17.4. The van der Waals surface area contributed by atoms with Crippen LogP contribution in [0.4, 0.5) is 0 Å². The van der Waals surface area contributed by atoms with Gasteiger partial charge in [-0.25, -0.2) is 0 Å². The third-order valence-electron chi connectivity index (χ3n) is 3.81. The van der Waals surface area contributed by atoms with Crippen LogP contribution in [0.2, 0.25) is 10.0 Å². The molecule has 0 heterocycles. The average Bonchev–Trinajstić information content (AvgIpc) is 2.59. The van der Waals surface area contributed by atoms with Crippen LogP contribution in [0.3, 0.4) is 0 Å². The van der Waals surface area contributed by atoms with Crippen LogP contribution in [0, 0.1) is 0 Å². The topological polar surface area (TPSA) is 66.8 Å². The molecule has 0 spiro atoms. The molecule has 1 atom stereocenters. The Morgan fingerprint density at radius 2 is 1.63 bits per heavy atom. The van der Waals surface area contributed by atoms with Gasteiger partial charge in [0, 0.05) is 18.4 Å². The van der Waals surface area contributed by atoms with Crippen LogP contribution in [0.5, 0.6) is 17.2 Å². The number of phenolic OH excluding ortho intramolecular Hbond substituents is 1. The minimum absolute atomic E-state index is 0.0237. The molecule has 0 amide bonds. The van der Waals surface area contributed by atoms with E-state index in [4.69, 9.17) is 27.9 Å². The van der Waals surface area contributed by atoms with E-state index in [1.54, 1.807) is 24.3 Å². The van der Waals surface area contributed by atoms with Crippen LogP contribution < -0.4 is 4.74 Å². The molecule has 4 nitrogen and oxygen atoms in total. The summed E-state index contributed by atoms with van der Waals surface area (Å²) < 4.78 is 17.4. The summed E-state index contributed by atoms with van der Waals surface area (Å²) in [6.07, 6.45) is -0.0237. The summed E-state index contributed by atoms with van der Waals surface area (Å²) in [5, 5.41) is 10.6. The Labute approximate surface area is 167 Å². The first-order chi connectivity index (χ1) is 12.7. The molecule has 0 radical (unpaired) electrons. The minimum Gasteiger partial charge on any atom is -0.507 e. The molecule has 0 bridgehead atoms. The molecule has 0 fully saturated rings. The zero-order valence-corrected chi connectivity index (χ0v) is 16.8. The second-order valence-corrected chi connectivity index (χ2v) is 9.48. The number of phenols is 1. The molecule has 0 saturated carbocycles. The number of benzene rings is 3. The largest absolute Gasteiger partial charge is 0.507 e. The fourth-order valence-electron chi connectivity index (χ4n) is 2.69. The molecule has 0 aliphatic rings. The van der Waals surface area contributed by atoms with Gasteiger partial charge in [0.1, 0.15) is 11.5 Å². The van der Waals surface area contributed by atoms with Gasteiger partial charge in [-0.15, -0.1) is 0 Å². The van der Waals surface area contributed by atoms with Crippen LogP contribution in [-0.2, 0) is 10.7 Å². The molecule has 0 saturated heterocycles. The number of hydrogen-bond donors (Lipinski definition) is 2. The highest BCUT2D eigenvalue weighted by atomic mass is 35.5. The lowest BCUT2D eigenvalue weighted by atomic mass is 10.0. The monoisotopic (exact) mass is 422 g/mol. The van der Waals surface area contributed by atoms with Gasteiger partial charge in [-0.2, -0.15) is 0 Å². The number of hydrogen-bond acceptors (Lipinski definition) is 3. The van der Waals surface area contributed by atoms with E-state index in [0.717, 1.165) is 5.56 Å². The standard InChI is InChI=1S/C20H17Cl2O4P/c1-27(24,25)12-13-9-17(21)20(18(22)10-13)26-15-7-8-19(23)16(11-15)14-5-3-2-4-6-14/h2-11,23H,12H2,1H3,(H,24,25). The predicted molar refractivity (Wildman–Crippen MR) is 110 cm³/mol. The van der Waals surface area contributed by atoms with E-state index in [-0.39, 0.29) is 27.7 Å². The third kappa shape index (κ3) is 5.06. The van der Waals surface area contributed by atoms with Gasteiger partial charge in [0.05, 0.1) is 10.0 Å². The Morgan fingerprint density at radius 1 is 1.00 bits per heavy atom. The molecule has 0 aliphatic heterocycles. The van der Waals surface area contributed by atoms with Crippen molar-refractivity contribution in [3.05, 3.63) is 76.3 Å². The highest BCUT2D eigenvalue weighted by molar-refractivity contribution is 7.56. The van der Waals surface area contributed by atoms with Gasteiger partial charge in [-0.1, -0.05) is 53.5 Å². The molecule has 3 aromatic carbocycles. The molecule has 0 aliphatic carbocycles. The van der Waals surface area contributed by atoms with Crippen molar-refractivity contribution in [1.82, 2.24) is 0 Å². The van der Waals surface area contributed by atoms with E-state index in [1.165, 1.54) is 12.7 Å². The van der Waals surface area contributed by atoms with Crippen molar-refractivity contribution in [2.75, 3.05) is 6.66 Å². The maximum atomic E-state index is 11.6. The van der Waals surface area contributed by atoms with Crippen molar-refractivity contribution in [2.24, 2.45) is 0 Å². The van der Waals surface area contributed by atoms with Gasteiger partial charge in [-0.3, -0.25) is 4.57 Å². The fourth-order valence-corrected chi connectivity index (χ4v) is 4.15. The van der Waals surface area contributed by atoms with Crippen LogP contribution >= 0.6 is 30.6 Å². The Hall–Kier alpha value is -1.97. The predicted octanol–water partition coefficient (Wildman–Crippen LogP) is 6.56. The molecule has 140 valence electrons. The van der Waals surface area contributed by atoms with Crippen molar-refractivity contribution in [2.45, 2.75) is 6.16 Å². The Bertz CT molecular complexity index is 993. The lowest BCUT2D eigenvalue weighted by Crippen LogP contribution is -1.92. The molecular weight excluding hydrogens is 406 g/mol. The van der Waals surface area contributed by atoms with E-state index < -0.39 is 7.37 Å². The van der Waals surface area contributed by atoms with Gasteiger partial charge < -0.3 is 14.7 Å². The fraction of sp³-hybridized carbons (Fsp3) is 0.100. The lowest BCUT2D eigenvalue weighted by Gasteiger charge is -2.14. The van der Waals surface area contributed by atoms with Gasteiger partial charge in [0.15, 0.2) is 5.75 Å². The smallest absolute Gasteiger partial charge is 0.201 e. The number of rotatable bonds is 5. The van der Waals surface area contributed by atoms with Crippen molar-refractivity contribution in [3.63, 3.8) is 0 Å². The molecule has 7 heteroatoms. The number of ether oxygens (including phenoxy) is 1. The minimum atomic E-state index is -3.24. The van der Waals surface area contributed by atoms with E-state index in [2.05, 4.69) is 0 Å². The third-order valence-corrected chi connectivity index (χ3v) is 5.32. The van der Waals surface area contributed by atoms with Crippen LogP contribution in [0.1, 0.15) is 5.56 Å². The maximum absolute atomic E-state index is 11.6. The molecule has 1 unspecified atom stereocenters. The van der Waals surface area contributed by atoms with Crippen molar-refractivity contribution >= 4 is 30.6 Å². The number of aromatic hydroxyl groups is 1. The van der Waals surface area contributed by atoms with Gasteiger partial charge in [-0.05, 0) is 41.5 Å². The SMILES string of the molecule is CP(=O)(O)Cc1cc(Cl)c(Oc2ccc(O)c(-c3ccccc3)c2)c(Cl)c1. The Morgan fingerprint density at radius 3 is 2.22 bits per heavy atom. The highest BCUT2D eigenvalue weighted by Gasteiger charge is 2.17. The molecule has 27 heavy (non-hydrogen) atoms. The molecular formula is C20H17Cl2O4P. The van der Waals surface area contributed by atoms with Gasteiger partial charge in [0.2, 0.25) is 7.37 Å². The Balaban J connectivity index is 1.93. The molecule has 0 aromatic heterocycles. The van der Waals surface area contributed by atoms with Crippen molar-refractivity contribution in [1.29, 1.82) is 0 Å². The van der Waals surface area contributed by atoms with Crippen molar-refractivity contribution < 1.29 is 19.3 Å². The molecule has 3 aromatic rings. The zero-order chi connectivity index (χ0) is 19.6. The summed E-state index contributed by atoms with van der Waals surface area (Å²) in [6.45, 7) is 1.28. The van der Waals surface area contributed by atoms with E-state index in [0.29, 0.717) is 16.9 Å². The summed E-state index contributed by atoms with van der Waals surface area (Å²) in [7, 11) is -3.24. The van der Waals surface area contributed by atoms with Crippen molar-refractivity contribution in [3.8, 4) is 28.4 Å². The second-order valence-electron chi connectivity index (χ2n) is 6.24. The zero-order valence-electron chi connectivity index (χ0n) is 14.4. The van der Waals surface area contributed by atoms with Crippen LogP contribution in [0.25, 0.3) is 11.1 Å². The number of halogens is 2. The van der Waals surface area contributed by atoms with Crippen LogP contribution in [0.15, 0.2) is 60.7 Å². The maximum Gasteiger partial charge on any atom is 0.201 e. The van der Waals surface area contributed by atoms with Gasteiger partial charge in [0.25, 0.3) is 0 Å². The summed E-state index contributed by atoms with van der Waals surface area (Å²) in [5.41, 5.74) is 2.01. The Kier molecular flexibility index (Phi) is 5.83. The normalized spacial score (nSPS) is 13.2. The van der Waals surface area contributed by atoms with Gasteiger partial charge >= 0.3 is 0 Å². The second kappa shape index (κ2) is 7.95. The highest BCUT2D eigenvalue weighted by Crippen LogP contribution is 2.44. The average molecular weight is 423 g/mol. The van der Waals surface area contributed by atoms with E-state index in [1.807, 2.05) is 30.3 Å². The quantitative estimate of drug-likeness (QED) is 0.456. The molecule has 3 rings (SSSR count). The lowest BCUT2D eigenvalue weighted by molar-refractivity contribution is 0.466. The first kappa shape index (κ1) is 19.8. The first-order valence-electron chi connectivity index (χ1n) is 8.06.